The van der Waals surface area contributed by atoms with Crippen molar-refractivity contribution < 1.29 is 18.6 Å². The molecule has 1 fully saturated rings. The van der Waals surface area contributed by atoms with E-state index in [0.29, 0.717) is 13.2 Å². The number of ether oxygens (including phenoxy) is 1. The summed E-state index contributed by atoms with van der Waals surface area (Å²) in [4.78, 5) is 0. The molecule has 2 unspecified atom stereocenters. The Morgan fingerprint density at radius 2 is 2.24 bits per heavy atom. The molecule has 0 spiro atoms. The minimum atomic E-state index is -0.768. The molecule has 0 radical (unpaired) electrons. The third kappa shape index (κ3) is 2.84. The van der Waals surface area contributed by atoms with Crippen molar-refractivity contribution in [1.29, 1.82) is 0 Å². The van der Waals surface area contributed by atoms with E-state index in [2.05, 4.69) is 15.9 Å². The van der Waals surface area contributed by atoms with E-state index in [1.807, 2.05) is 0 Å². The first-order valence-electron chi connectivity index (χ1n) is 5.47. The maximum absolute atomic E-state index is 13.7. The van der Waals surface area contributed by atoms with Gasteiger partial charge in [0, 0.05) is 24.5 Å². The Morgan fingerprint density at radius 1 is 1.47 bits per heavy atom. The molecular weight excluding hydrogens is 294 g/mol. The molecule has 2 nitrogen and oxygen atoms in total. The summed E-state index contributed by atoms with van der Waals surface area (Å²) in [6.45, 7) is 1.06. The first-order valence-corrected chi connectivity index (χ1v) is 6.27. The molecule has 94 valence electrons. The predicted octanol–water partition coefficient (Wildman–Crippen LogP) is 2.67. The number of benzene rings is 1. The average molecular weight is 307 g/mol. The largest absolute Gasteiger partial charge is 0.392 e. The second-order valence-electron chi connectivity index (χ2n) is 4.22. The number of aliphatic hydroxyl groups excluding tert-OH is 1. The molecule has 1 heterocycles. The van der Waals surface area contributed by atoms with Gasteiger partial charge in [-0.15, -0.1) is 0 Å². The zero-order valence-electron chi connectivity index (χ0n) is 9.13. The second kappa shape index (κ2) is 5.42. The fraction of sp³-hybridized carbons (Fsp3) is 0.500. The molecule has 1 N–H and O–H groups in total. The summed E-state index contributed by atoms with van der Waals surface area (Å²) in [5.41, 5.74) is -0.0706. The van der Waals surface area contributed by atoms with Gasteiger partial charge in [0.1, 0.15) is 11.6 Å². The van der Waals surface area contributed by atoms with Crippen LogP contribution in [0.15, 0.2) is 16.6 Å². The van der Waals surface area contributed by atoms with Crippen molar-refractivity contribution >= 4 is 15.9 Å². The molecule has 0 bridgehead atoms. The summed E-state index contributed by atoms with van der Waals surface area (Å²) in [6, 6.07) is 2.51. The normalized spacial score (nSPS) is 21.8. The van der Waals surface area contributed by atoms with Gasteiger partial charge < -0.3 is 9.84 Å². The van der Waals surface area contributed by atoms with Gasteiger partial charge in [-0.3, -0.25) is 0 Å². The van der Waals surface area contributed by atoms with Crippen LogP contribution in [0.1, 0.15) is 12.0 Å². The highest BCUT2D eigenvalue weighted by Crippen LogP contribution is 2.26. The number of halogens is 3. The zero-order valence-corrected chi connectivity index (χ0v) is 10.7. The van der Waals surface area contributed by atoms with Gasteiger partial charge in [0.2, 0.25) is 0 Å². The smallest absolute Gasteiger partial charge is 0.143 e. The van der Waals surface area contributed by atoms with Gasteiger partial charge in [-0.2, -0.15) is 0 Å². The molecule has 5 heteroatoms. The summed E-state index contributed by atoms with van der Waals surface area (Å²) in [6.07, 6.45) is -0.0559. The first-order chi connectivity index (χ1) is 8.09. The predicted molar refractivity (Wildman–Crippen MR) is 62.7 cm³/mol. The van der Waals surface area contributed by atoms with Crippen molar-refractivity contribution in [1.82, 2.24) is 0 Å². The fourth-order valence-electron chi connectivity index (χ4n) is 1.99. The maximum Gasteiger partial charge on any atom is 0.143 e. The van der Waals surface area contributed by atoms with Crippen LogP contribution in [0.5, 0.6) is 0 Å². The molecule has 1 aliphatic heterocycles. The van der Waals surface area contributed by atoms with E-state index in [4.69, 9.17) is 4.74 Å². The summed E-state index contributed by atoms with van der Waals surface area (Å²) in [5.74, 6) is -1.29. The minimum Gasteiger partial charge on any atom is -0.392 e. The number of aliphatic hydroxyl groups is 1. The van der Waals surface area contributed by atoms with E-state index in [1.165, 1.54) is 12.1 Å². The highest BCUT2D eigenvalue weighted by atomic mass is 79.9. The van der Waals surface area contributed by atoms with Crippen molar-refractivity contribution in [2.45, 2.75) is 18.9 Å². The van der Waals surface area contributed by atoms with E-state index >= 15 is 0 Å². The number of hydrogen-bond acceptors (Lipinski definition) is 2. The molecule has 2 rings (SSSR count). The van der Waals surface area contributed by atoms with Gasteiger partial charge in [-0.05, 0) is 34.5 Å². The van der Waals surface area contributed by atoms with Crippen LogP contribution in [0.2, 0.25) is 0 Å². The highest BCUT2D eigenvalue weighted by Gasteiger charge is 2.26. The standard InChI is InChI=1S/C12H13BrF2O2/c13-9-1-2-10(14)8(12(9)15)5-11(16)7-3-4-17-6-7/h1-2,7,11,16H,3-6H2. The molecule has 2 atom stereocenters. The molecule has 0 aromatic heterocycles. The third-order valence-electron chi connectivity index (χ3n) is 3.06. The van der Waals surface area contributed by atoms with Crippen LogP contribution in [0.4, 0.5) is 8.78 Å². The van der Waals surface area contributed by atoms with E-state index in [-0.39, 0.29) is 22.4 Å². The monoisotopic (exact) mass is 306 g/mol. The van der Waals surface area contributed by atoms with Gasteiger partial charge in [-0.25, -0.2) is 8.78 Å². The van der Waals surface area contributed by atoms with Gasteiger partial charge in [-0.1, -0.05) is 0 Å². The van der Waals surface area contributed by atoms with E-state index in [1.54, 1.807) is 0 Å². The molecule has 1 aliphatic rings. The van der Waals surface area contributed by atoms with Crippen LogP contribution < -0.4 is 0 Å². The highest BCUT2D eigenvalue weighted by molar-refractivity contribution is 9.10. The summed E-state index contributed by atoms with van der Waals surface area (Å²) >= 11 is 3.01. The summed E-state index contributed by atoms with van der Waals surface area (Å²) in [7, 11) is 0. The summed E-state index contributed by atoms with van der Waals surface area (Å²) in [5, 5.41) is 9.91. The topological polar surface area (TPSA) is 29.5 Å². The Hall–Kier alpha value is -0.520. The van der Waals surface area contributed by atoms with Gasteiger partial charge in [0.15, 0.2) is 0 Å². The lowest BCUT2D eigenvalue weighted by molar-refractivity contribution is 0.0904. The lowest BCUT2D eigenvalue weighted by Gasteiger charge is -2.17. The fourth-order valence-corrected chi connectivity index (χ4v) is 2.36. The lowest BCUT2D eigenvalue weighted by Crippen LogP contribution is -2.24. The molecular formula is C12H13BrF2O2. The zero-order chi connectivity index (χ0) is 12.4. The Balaban J connectivity index is 2.14. The third-order valence-corrected chi connectivity index (χ3v) is 3.67. The van der Waals surface area contributed by atoms with Crippen LogP contribution in [0.25, 0.3) is 0 Å². The van der Waals surface area contributed by atoms with Crippen LogP contribution in [-0.4, -0.2) is 24.4 Å². The second-order valence-corrected chi connectivity index (χ2v) is 5.07. The lowest BCUT2D eigenvalue weighted by atomic mass is 9.95. The number of rotatable bonds is 3. The molecule has 17 heavy (non-hydrogen) atoms. The quantitative estimate of drug-likeness (QED) is 0.870. The van der Waals surface area contributed by atoms with Crippen molar-refractivity contribution in [3.8, 4) is 0 Å². The Morgan fingerprint density at radius 3 is 2.88 bits per heavy atom. The molecule has 0 saturated carbocycles. The van der Waals surface area contributed by atoms with Crippen molar-refractivity contribution in [2.75, 3.05) is 13.2 Å². The minimum absolute atomic E-state index is 0.0227. The molecule has 1 saturated heterocycles. The van der Waals surface area contributed by atoms with E-state index < -0.39 is 17.7 Å². The van der Waals surface area contributed by atoms with Gasteiger partial charge >= 0.3 is 0 Å². The van der Waals surface area contributed by atoms with Crippen LogP contribution in [0, 0.1) is 17.6 Å². The number of hydrogen-bond donors (Lipinski definition) is 1. The van der Waals surface area contributed by atoms with Crippen LogP contribution in [-0.2, 0) is 11.2 Å². The van der Waals surface area contributed by atoms with E-state index in [9.17, 15) is 13.9 Å². The van der Waals surface area contributed by atoms with Crippen molar-refractivity contribution in [2.24, 2.45) is 5.92 Å². The van der Waals surface area contributed by atoms with E-state index in [0.717, 1.165) is 6.42 Å². The Labute approximate surface area is 107 Å². The average Bonchev–Trinajstić information content (AvgIpc) is 2.83. The Kier molecular flexibility index (Phi) is 4.12. The Bertz CT molecular complexity index is 406. The maximum atomic E-state index is 13.7. The van der Waals surface area contributed by atoms with Crippen LogP contribution in [0.3, 0.4) is 0 Å². The van der Waals surface area contributed by atoms with Gasteiger partial charge in [0.25, 0.3) is 0 Å². The first kappa shape index (κ1) is 12.9. The molecule has 1 aromatic rings. The van der Waals surface area contributed by atoms with Crippen LogP contribution >= 0.6 is 15.9 Å². The molecule has 0 aliphatic carbocycles. The van der Waals surface area contributed by atoms with Gasteiger partial charge in [0.05, 0.1) is 17.2 Å². The molecule has 1 aromatic carbocycles. The summed E-state index contributed by atoms with van der Waals surface area (Å²) < 4.78 is 32.5. The SMILES string of the molecule is OC(Cc1c(F)ccc(Br)c1F)C1CCOC1. The molecule has 0 amide bonds. The van der Waals surface area contributed by atoms with Crippen molar-refractivity contribution in [3.63, 3.8) is 0 Å². The van der Waals surface area contributed by atoms with Crippen molar-refractivity contribution in [3.05, 3.63) is 33.8 Å².